The van der Waals surface area contributed by atoms with Gasteiger partial charge in [0.25, 0.3) is 0 Å². The minimum absolute atomic E-state index is 0.742. The second-order valence-corrected chi connectivity index (χ2v) is 5.56. The maximum atomic E-state index is 5.42. The minimum atomic E-state index is 0.742. The van der Waals surface area contributed by atoms with Crippen molar-refractivity contribution in [2.75, 3.05) is 36.5 Å². The molecule has 1 aliphatic rings. The van der Waals surface area contributed by atoms with Gasteiger partial charge in [-0.15, -0.1) is 5.10 Å². The van der Waals surface area contributed by atoms with Crippen LogP contribution >= 0.6 is 0 Å². The second kappa shape index (κ2) is 6.22. The van der Waals surface area contributed by atoms with Gasteiger partial charge in [-0.1, -0.05) is 18.2 Å². The summed E-state index contributed by atoms with van der Waals surface area (Å²) < 4.78 is 5.42. The van der Waals surface area contributed by atoms with E-state index in [0.29, 0.717) is 0 Å². The standard InChI is InChI=1S/C18H18N4O/c1-2-4-15(5-3-1)20-16-6-7-17-14(12-16)13-19-21-18(17)22-8-10-23-11-9-22/h1-7,12-13,20H,8-11H2. The predicted molar refractivity (Wildman–Crippen MR) is 92.3 cm³/mol. The Morgan fingerprint density at radius 1 is 0.957 bits per heavy atom. The van der Waals surface area contributed by atoms with Crippen molar-refractivity contribution < 1.29 is 4.74 Å². The maximum absolute atomic E-state index is 5.42. The highest BCUT2D eigenvalue weighted by Crippen LogP contribution is 2.27. The number of hydrogen-bond donors (Lipinski definition) is 1. The van der Waals surface area contributed by atoms with Gasteiger partial charge >= 0.3 is 0 Å². The van der Waals surface area contributed by atoms with Crippen LogP contribution in [0.5, 0.6) is 0 Å². The number of fused-ring (bicyclic) bond motifs is 1. The zero-order valence-electron chi connectivity index (χ0n) is 12.8. The first-order valence-corrected chi connectivity index (χ1v) is 7.80. The fourth-order valence-corrected chi connectivity index (χ4v) is 2.85. The lowest BCUT2D eigenvalue weighted by molar-refractivity contribution is 0.122. The largest absolute Gasteiger partial charge is 0.378 e. The van der Waals surface area contributed by atoms with Crippen LogP contribution in [0.4, 0.5) is 17.2 Å². The number of benzene rings is 2. The van der Waals surface area contributed by atoms with Crippen LogP contribution in [0.1, 0.15) is 0 Å². The monoisotopic (exact) mass is 306 g/mol. The average molecular weight is 306 g/mol. The molecule has 0 aliphatic carbocycles. The Bertz CT molecular complexity index is 800. The van der Waals surface area contributed by atoms with Crippen LogP contribution in [-0.2, 0) is 4.74 Å². The average Bonchev–Trinajstić information content (AvgIpc) is 2.63. The van der Waals surface area contributed by atoms with E-state index in [1.807, 2.05) is 36.5 Å². The summed E-state index contributed by atoms with van der Waals surface area (Å²) in [5, 5.41) is 14.1. The van der Waals surface area contributed by atoms with Gasteiger partial charge < -0.3 is 15.0 Å². The number of nitrogens with one attached hydrogen (secondary N) is 1. The lowest BCUT2D eigenvalue weighted by Crippen LogP contribution is -2.37. The smallest absolute Gasteiger partial charge is 0.159 e. The third-order valence-electron chi connectivity index (χ3n) is 4.01. The van der Waals surface area contributed by atoms with E-state index in [-0.39, 0.29) is 0 Å². The Hall–Kier alpha value is -2.66. The molecule has 23 heavy (non-hydrogen) atoms. The summed E-state index contributed by atoms with van der Waals surface area (Å²) in [4.78, 5) is 2.24. The van der Waals surface area contributed by atoms with E-state index < -0.39 is 0 Å². The quantitative estimate of drug-likeness (QED) is 0.805. The molecule has 0 amide bonds. The van der Waals surface area contributed by atoms with E-state index in [1.165, 1.54) is 0 Å². The Balaban J connectivity index is 1.67. The highest BCUT2D eigenvalue weighted by molar-refractivity contribution is 5.94. The second-order valence-electron chi connectivity index (χ2n) is 5.56. The van der Waals surface area contributed by atoms with E-state index >= 15 is 0 Å². The first-order chi connectivity index (χ1) is 11.4. The molecule has 0 saturated carbocycles. The van der Waals surface area contributed by atoms with Gasteiger partial charge in [-0.2, -0.15) is 5.10 Å². The molecule has 3 aromatic rings. The molecule has 116 valence electrons. The number of para-hydroxylation sites is 1. The zero-order valence-corrected chi connectivity index (χ0v) is 12.8. The molecule has 0 bridgehead atoms. The van der Waals surface area contributed by atoms with E-state index in [9.17, 15) is 0 Å². The summed E-state index contributed by atoms with van der Waals surface area (Å²) in [5.74, 6) is 0.942. The molecule has 1 saturated heterocycles. The first kappa shape index (κ1) is 14.0. The number of rotatable bonds is 3. The molecule has 4 rings (SSSR count). The molecule has 0 unspecified atom stereocenters. The molecule has 2 aromatic carbocycles. The predicted octanol–water partition coefficient (Wildman–Crippen LogP) is 3.21. The SMILES string of the molecule is c1ccc(Nc2ccc3c(N4CCOCC4)nncc3c2)cc1. The molecular weight excluding hydrogens is 288 g/mol. The van der Waals surface area contributed by atoms with Gasteiger partial charge in [0.15, 0.2) is 5.82 Å². The van der Waals surface area contributed by atoms with Crippen LogP contribution in [0.25, 0.3) is 10.8 Å². The van der Waals surface area contributed by atoms with Gasteiger partial charge in [0, 0.05) is 35.2 Å². The molecular formula is C18H18N4O. The summed E-state index contributed by atoms with van der Waals surface area (Å²) in [6, 6.07) is 16.5. The van der Waals surface area contributed by atoms with Crippen LogP contribution in [-0.4, -0.2) is 36.5 Å². The Morgan fingerprint density at radius 2 is 1.78 bits per heavy atom. The number of anilines is 3. The van der Waals surface area contributed by atoms with Crippen LogP contribution in [0.3, 0.4) is 0 Å². The normalized spacial score (nSPS) is 14.9. The van der Waals surface area contributed by atoms with Gasteiger partial charge in [0.1, 0.15) is 0 Å². The third kappa shape index (κ3) is 2.96. The molecule has 2 heterocycles. The number of morpholine rings is 1. The molecule has 1 fully saturated rings. The zero-order chi connectivity index (χ0) is 15.5. The Kier molecular flexibility index (Phi) is 3.78. The minimum Gasteiger partial charge on any atom is -0.378 e. The van der Waals surface area contributed by atoms with Crippen molar-refractivity contribution >= 4 is 28.0 Å². The van der Waals surface area contributed by atoms with Gasteiger partial charge in [-0.3, -0.25) is 0 Å². The van der Waals surface area contributed by atoms with Crippen molar-refractivity contribution in [1.82, 2.24) is 10.2 Å². The molecule has 0 spiro atoms. The molecule has 5 heteroatoms. The highest BCUT2D eigenvalue weighted by Gasteiger charge is 2.15. The number of aromatic nitrogens is 2. The summed E-state index contributed by atoms with van der Waals surface area (Å²) >= 11 is 0. The lowest BCUT2D eigenvalue weighted by Gasteiger charge is -2.28. The molecule has 5 nitrogen and oxygen atoms in total. The maximum Gasteiger partial charge on any atom is 0.159 e. The third-order valence-corrected chi connectivity index (χ3v) is 4.01. The van der Waals surface area contributed by atoms with E-state index in [0.717, 1.165) is 54.3 Å². The summed E-state index contributed by atoms with van der Waals surface area (Å²) in [6.07, 6.45) is 1.81. The molecule has 0 radical (unpaired) electrons. The van der Waals surface area contributed by atoms with E-state index in [1.54, 1.807) is 0 Å². The number of hydrogen-bond acceptors (Lipinski definition) is 5. The van der Waals surface area contributed by atoms with Crippen molar-refractivity contribution in [2.45, 2.75) is 0 Å². The van der Waals surface area contributed by atoms with Gasteiger partial charge in [0.2, 0.25) is 0 Å². The Labute approximate surface area is 134 Å². The molecule has 1 aliphatic heterocycles. The van der Waals surface area contributed by atoms with E-state index in [4.69, 9.17) is 4.74 Å². The summed E-state index contributed by atoms with van der Waals surface area (Å²) in [5.41, 5.74) is 2.12. The van der Waals surface area contributed by atoms with Gasteiger partial charge in [-0.05, 0) is 30.3 Å². The first-order valence-electron chi connectivity index (χ1n) is 7.80. The number of ether oxygens (including phenoxy) is 1. The topological polar surface area (TPSA) is 50.3 Å². The van der Waals surface area contributed by atoms with Crippen LogP contribution < -0.4 is 10.2 Å². The van der Waals surface area contributed by atoms with Crippen molar-refractivity contribution in [3.63, 3.8) is 0 Å². The van der Waals surface area contributed by atoms with Crippen LogP contribution in [0.2, 0.25) is 0 Å². The lowest BCUT2D eigenvalue weighted by atomic mass is 10.1. The van der Waals surface area contributed by atoms with E-state index in [2.05, 4.69) is 38.6 Å². The summed E-state index contributed by atoms with van der Waals surface area (Å²) in [7, 11) is 0. The molecule has 1 aromatic heterocycles. The van der Waals surface area contributed by atoms with Crippen LogP contribution in [0, 0.1) is 0 Å². The van der Waals surface area contributed by atoms with Crippen molar-refractivity contribution in [3.8, 4) is 0 Å². The van der Waals surface area contributed by atoms with Gasteiger partial charge in [-0.25, -0.2) is 0 Å². The number of nitrogens with zero attached hydrogens (tertiary/aromatic N) is 3. The Morgan fingerprint density at radius 3 is 2.61 bits per heavy atom. The van der Waals surface area contributed by atoms with Crippen molar-refractivity contribution in [1.29, 1.82) is 0 Å². The summed E-state index contributed by atoms with van der Waals surface area (Å²) in [6.45, 7) is 3.20. The molecule has 1 N–H and O–H groups in total. The molecule has 0 atom stereocenters. The van der Waals surface area contributed by atoms with Crippen LogP contribution in [0.15, 0.2) is 54.7 Å². The van der Waals surface area contributed by atoms with Crippen molar-refractivity contribution in [3.05, 3.63) is 54.7 Å². The fraction of sp³-hybridized carbons (Fsp3) is 0.222. The van der Waals surface area contributed by atoms with Crippen molar-refractivity contribution in [2.24, 2.45) is 0 Å². The van der Waals surface area contributed by atoms with Gasteiger partial charge in [0.05, 0.1) is 19.4 Å². The highest BCUT2D eigenvalue weighted by atomic mass is 16.5. The fourth-order valence-electron chi connectivity index (χ4n) is 2.85.